The van der Waals surface area contributed by atoms with Gasteiger partial charge in [-0.1, -0.05) is 43.3 Å². The van der Waals surface area contributed by atoms with E-state index in [1.165, 1.54) is 5.56 Å². The first-order valence-electron chi connectivity index (χ1n) is 10.8. The molecule has 1 aromatic carbocycles. The lowest BCUT2D eigenvalue weighted by Gasteiger charge is -2.34. The summed E-state index contributed by atoms with van der Waals surface area (Å²) in [6, 6.07) is 14.8. The van der Waals surface area contributed by atoms with Crippen molar-refractivity contribution in [3.05, 3.63) is 59.8 Å². The highest BCUT2D eigenvalue weighted by molar-refractivity contribution is 14.0. The molecule has 0 atom stereocenters. The Morgan fingerprint density at radius 3 is 2.37 bits per heavy atom. The molecule has 3 rings (SSSR count). The van der Waals surface area contributed by atoms with E-state index in [4.69, 9.17) is 4.99 Å². The molecule has 6 nitrogen and oxygen atoms in total. The van der Waals surface area contributed by atoms with Crippen molar-refractivity contribution in [3.8, 4) is 0 Å². The van der Waals surface area contributed by atoms with Crippen LogP contribution in [0.4, 0.5) is 5.82 Å². The average Bonchev–Trinajstić information content (AvgIpc) is 2.78. The van der Waals surface area contributed by atoms with Gasteiger partial charge in [0.2, 0.25) is 0 Å². The number of aromatic nitrogens is 1. The van der Waals surface area contributed by atoms with E-state index in [1.807, 2.05) is 12.3 Å². The number of piperazine rings is 1. The number of hydrogen-bond acceptors (Lipinski definition) is 4. The van der Waals surface area contributed by atoms with E-state index in [9.17, 15) is 0 Å². The molecule has 1 aliphatic heterocycles. The molecule has 7 heteroatoms. The van der Waals surface area contributed by atoms with Crippen LogP contribution in [-0.4, -0.2) is 61.7 Å². The Morgan fingerprint density at radius 2 is 1.73 bits per heavy atom. The number of nitrogens with zero attached hydrogens (tertiary/aromatic N) is 4. The van der Waals surface area contributed by atoms with Crippen molar-refractivity contribution in [1.82, 2.24) is 20.5 Å². The molecule has 164 valence electrons. The third-order valence-electron chi connectivity index (χ3n) is 5.27. The number of likely N-dealkylation sites (N-methyl/N-ethyl adjacent to an activating group) is 1. The van der Waals surface area contributed by atoms with Crippen LogP contribution in [0.25, 0.3) is 0 Å². The number of guanidine groups is 1. The minimum absolute atomic E-state index is 0. The van der Waals surface area contributed by atoms with Gasteiger partial charge < -0.3 is 20.4 Å². The number of nitrogens with one attached hydrogen (secondary N) is 2. The molecule has 1 aliphatic rings. The van der Waals surface area contributed by atoms with E-state index < -0.39 is 0 Å². The maximum atomic E-state index is 4.71. The molecule has 0 amide bonds. The van der Waals surface area contributed by atoms with Gasteiger partial charge in [0.25, 0.3) is 0 Å². The van der Waals surface area contributed by atoms with E-state index in [0.29, 0.717) is 6.54 Å². The summed E-state index contributed by atoms with van der Waals surface area (Å²) in [6.07, 6.45) is 2.94. The van der Waals surface area contributed by atoms with E-state index in [0.717, 1.165) is 69.6 Å². The molecular weight excluding hydrogens is 487 g/mol. The zero-order valence-electron chi connectivity index (χ0n) is 18.2. The van der Waals surface area contributed by atoms with Crippen molar-refractivity contribution in [1.29, 1.82) is 0 Å². The lowest BCUT2D eigenvalue weighted by Crippen LogP contribution is -2.46. The van der Waals surface area contributed by atoms with Crippen LogP contribution >= 0.6 is 24.0 Å². The van der Waals surface area contributed by atoms with Crippen LogP contribution in [0.5, 0.6) is 0 Å². The Bertz CT molecular complexity index is 742. The summed E-state index contributed by atoms with van der Waals surface area (Å²) < 4.78 is 0. The van der Waals surface area contributed by atoms with Crippen molar-refractivity contribution in [2.24, 2.45) is 4.99 Å². The molecular formula is C23H35IN6. The second-order valence-corrected chi connectivity index (χ2v) is 7.30. The van der Waals surface area contributed by atoms with E-state index >= 15 is 0 Å². The van der Waals surface area contributed by atoms with Gasteiger partial charge in [0.1, 0.15) is 5.82 Å². The monoisotopic (exact) mass is 522 g/mol. The van der Waals surface area contributed by atoms with Gasteiger partial charge in [-0.2, -0.15) is 0 Å². The number of pyridine rings is 1. The summed E-state index contributed by atoms with van der Waals surface area (Å²) in [5.41, 5.74) is 2.46. The highest BCUT2D eigenvalue weighted by atomic mass is 127. The molecule has 2 aromatic rings. The Kier molecular flexibility index (Phi) is 10.9. The summed E-state index contributed by atoms with van der Waals surface area (Å²) in [6.45, 7) is 12.1. The normalized spacial score (nSPS) is 14.9. The maximum Gasteiger partial charge on any atom is 0.191 e. The topological polar surface area (TPSA) is 55.8 Å². The molecule has 2 heterocycles. The predicted molar refractivity (Wildman–Crippen MR) is 137 cm³/mol. The van der Waals surface area contributed by atoms with Crippen LogP contribution in [-0.2, 0) is 13.0 Å². The Labute approximate surface area is 198 Å². The largest absolute Gasteiger partial charge is 0.357 e. The minimum atomic E-state index is 0. The Morgan fingerprint density at radius 1 is 0.967 bits per heavy atom. The number of halogens is 1. The van der Waals surface area contributed by atoms with Crippen LogP contribution < -0.4 is 15.5 Å². The number of benzene rings is 1. The summed E-state index contributed by atoms with van der Waals surface area (Å²) in [5, 5.41) is 6.74. The number of rotatable bonds is 8. The van der Waals surface area contributed by atoms with Gasteiger partial charge in [-0.15, -0.1) is 24.0 Å². The van der Waals surface area contributed by atoms with Crippen molar-refractivity contribution >= 4 is 35.8 Å². The first kappa shape index (κ1) is 24.4. The Balaban J connectivity index is 0.00000320. The summed E-state index contributed by atoms with van der Waals surface area (Å²) >= 11 is 0. The highest BCUT2D eigenvalue weighted by Crippen LogP contribution is 2.14. The quantitative estimate of drug-likeness (QED) is 0.317. The number of hydrogen-bond donors (Lipinski definition) is 2. The molecule has 0 spiro atoms. The maximum absolute atomic E-state index is 4.71. The van der Waals surface area contributed by atoms with E-state index in [1.54, 1.807) is 0 Å². The average molecular weight is 522 g/mol. The summed E-state index contributed by atoms with van der Waals surface area (Å²) in [7, 11) is 0. The second-order valence-electron chi connectivity index (χ2n) is 7.30. The highest BCUT2D eigenvalue weighted by Gasteiger charge is 2.16. The third-order valence-corrected chi connectivity index (χ3v) is 5.27. The van der Waals surface area contributed by atoms with Crippen molar-refractivity contribution < 1.29 is 0 Å². The standard InChI is InChI=1S/C23H34N6.HI/c1-3-24-23(25-13-12-20-8-6-5-7-9-20)27-19-21-10-11-22(26-18-21)29-16-14-28(4-2)15-17-29;/h5-11,18H,3-4,12-17,19H2,1-2H3,(H2,24,25,27);1H. The molecule has 30 heavy (non-hydrogen) atoms. The Hall–Kier alpha value is -1.87. The van der Waals surface area contributed by atoms with Crippen LogP contribution in [0.2, 0.25) is 0 Å². The zero-order chi connectivity index (χ0) is 20.3. The summed E-state index contributed by atoms with van der Waals surface area (Å²) in [4.78, 5) is 14.2. The molecule has 0 radical (unpaired) electrons. The van der Waals surface area contributed by atoms with Gasteiger partial charge in [0.15, 0.2) is 5.96 Å². The fraction of sp³-hybridized carbons (Fsp3) is 0.478. The summed E-state index contributed by atoms with van der Waals surface area (Å²) in [5.74, 6) is 1.92. The van der Waals surface area contributed by atoms with Crippen LogP contribution in [0, 0.1) is 0 Å². The minimum Gasteiger partial charge on any atom is -0.357 e. The fourth-order valence-electron chi connectivity index (χ4n) is 3.47. The molecule has 1 fully saturated rings. The van der Waals surface area contributed by atoms with Crippen molar-refractivity contribution in [2.75, 3.05) is 50.7 Å². The van der Waals surface area contributed by atoms with Crippen LogP contribution in [0.1, 0.15) is 25.0 Å². The lowest BCUT2D eigenvalue weighted by atomic mass is 10.1. The number of anilines is 1. The van der Waals surface area contributed by atoms with Gasteiger partial charge in [-0.3, -0.25) is 0 Å². The first-order valence-corrected chi connectivity index (χ1v) is 10.8. The lowest BCUT2D eigenvalue weighted by molar-refractivity contribution is 0.270. The van der Waals surface area contributed by atoms with Gasteiger partial charge in [-0.25, -0.2) is 9.98 Å². The molecule has 1 saturated heterocycles. The SMILES string of the molecule is CCNC(=NCc1ccc(N2CCN(CC)CC2)nc1)NCCc1ccccc1.I. The van der Waals surface area contributed by atoms with Gasteiger partial charge in [-0.05, 0) is 37.1 Å². The molecule has 0 bridgehead atoms. The first-order chi connectivity index (χ1) is 14.3. The smallest absolute Gasteiger partial charge is 0.191 e. The van der Waals surface area contributed by atoms with Gasteiger partial charge >= 0.3 is 0 Å². The zero-order valence-corrected chi connectivity index (χ0v) is 20.5. The van der Waals surface area contributed by atoms with E-state index in [-0.39, 0.29) is 24.0 Å². The predicted octanol–water partition coefficient (Wildman–Crippen LogP) is 3.14. The molecule has 0 aliphatic carbocycles. The van der Waals surface area contributed by atoms with Gasteiger partial charge in [0, 0.05) is 45.5 Å². The van der Waals surface area contributed by atoms with Crippen molar-refractivity contribution in [3.63, 3.8) is 0 Å². The van der Waals surface area contributed by atoms with Crippen LogP contribution in [0.3, 0.4) is 0 Å². The second kappa shape index (κ2) is 13.4. The van der Waals surface area contributed by atoms with Gasteiger partial charge in [0.05, 0.1) is 6.54 Å². The molecule has 0 saturated carbocycles. The third kappa shape index (κ3) is 7.75. The van der Waals surface area contributed by atoms with E-state index in [2.05, 4.69) is 75.7 Å². The molecule has 1 aromatic heterocycles. The molecule has 0 unspecified atom stereocenters. The van der Waals surface area contributed by atoms with Crippen LogP contribution in [0.15, 0.2) is 53.7 Å². The fourth-order valence-corrected chi connectivity index (χ4v) is 3.47. The number of aliphatic imine (C=N–C) groups is 1. The van der Waals surface area contributed by atoms with Crippen molar-refractivity contribution in [2.45, 2.75) is 26.8 Å². The molecule has 2 N–H and O–H groups in total.